The van der Waals surface area contributed by atoms with Crippen LogP contribution in [0.15, 0.2) is 0 Å². The average Bonchev–Trinajstić information content (AvgIpc) is 2.28. The van der Waals surface area contributed by atoms with Gasteiger partial charge in [0.1, 0.15) is 0 Å². The third kappa shape index (κ3) is 4.01. The molecule has 0 aromatic heterocycles. The van der Waals surface area contributed by atoms with Crippen molar-refractivity contribution in [2.45, 2.75) is 25.9 Å². The first-order chi connectivity index (χ1) is 7.69. The largest absolute Gasteiger partial charge is 0.380 e. The molecule has 1 aliphatic heterocycles. The van der Waals surface area contributed by atoms with Crippen LogP contribution in [0.4, 0.5) is 0 Å². The number of likely N-dealkylation sites (N-methyl/N-ethyl adjacent to an activating group) is 3. The molecule has 1 fully saturated rings. The molecule has 2 unspecified atom stereocenters. The van der Waals surface area contributed by atoms with Crippen molar-refractivity contribution in [3.05, 3.63) is 0 Å². The summed E-state index contributed by atoms with van der Waals surface area (Å²) in [4.78, 5) is 4.85. The van der Waals surface area contributed by atoms with Gasteiger partial charge in [-0.25, -0.2) is 0 Å². The highest BCUT2D eigenvalue weighted by molar-refractivity contribution is 4.88. The van der Waals surface area contributed by atoms with Crippen LogP contribution in [0, 0.1) is 0 Å². The van der Waals surface area contributed by atoms with E-state index in [0.29, 0.717) is 12.1 Å². The number of piperazine rings is 1. The van der Waals surface area contributed by atoms with Crippen molar-refractivity contribution in [2.75, 3.05) is 53.5 Å². The molecule has 1 heterocycles. The molecular formula is C12H27N3O. The van der Waals surface area contributed by atoms with Gasteiger partial charge < -0.3 is 15.0 Å². The molecule has 1 saturated heterocycles. The lowest BCUT2D eigenvalue weighted by atomic mass is 10.0. The zero-order valence-corrected chi connectivity index (χ0v) is 11.2. The van der Waals surface area contributed by atoms with E-state index in [-0.39, 0.29) is 0 Å². The second kappa shape index (κ2) is 7.22. The summed E-state index contributed by atoms with van der Waals surface area (Å²) in [5.74, 6) is 0. The summed E-state index contributed by atoms with van der Waals surface area (Å²) < 4.78 is 5.58. The van der Waals surface area contributed by atoms with Crippen LogP contribution in [0.3, 0.4) is 0 Å². The van der Waals surface area contributed by atoms with E-state index < -0.39 is 0 Å². The van der Waals surface area contributed by atoms with E-state index in [1.807, 2.05) is 0 Å². The molecule has 0 radical (unpaired) electrons. The van der Waals surface area contributed by atoms with Crippen molar-refractivity contribution >= 4 is 0 Å². The van der Waals surface area contributed by atoms with Gasteiger partial charge in [-0.15, -0.1) is 0 Å². The second-order valence-corrected chi connectivity index (χ2v) is 4.63. The average molecular weight is 229 g/mol. The quantitative estimate of drug-likeness (QED) is 0.706. The van der Waals surface area contributed by atoms with Gasteiger partial charge in [-0.2, -0.15) is 0 Å². The van der Waals surface area contributed by atoms with Crippen molar-refractivity contribution in [3.8, 4) is 0 Å². The zero-order valence-electron chi connectivity index (χ0n) is 11.2. The first kappa shape index (κ1) is 13.9. The Balaban J connectivity index is 2.52. The van der Waals surface area contributed by atoms with E-state index in [0.717, 1.165) is 32.8 Å². The van der Waals surface area contributed by atoms with Crippen LogP contribution < -0.4 is 5.32 Å². The molecule has 96 valence electrons. The van der Waals surface area contributed by atoms with E-state index in [1.165, 1.54) is 6.54 Å². The van der Waals surface area contributed by atoms with Crippen LogP contribution in [-0.2, 0) is 4.74 Å². The molecule has 0 aromatic rings. The molecule has 0 amide bonds. The zero-order chi connectivity index (χ0) is 12.0. The third-order valence-corrected chi connectivity index (χ3v) is 3.33. The van der Waals surface area contributed by atoms with Crippen molar-refractivity contribution in [2.24, 2.45) is 0 Å². The lowest BCUT2D eigenvalue weighted by Gasteiger charge is -2.42. The molecule has 1 rings (SSSR count). The molecule has 2 atom stereocenters. The Labute approximate surface area is 99.9 Å². The first-order valence-corrected chi connectivity index (χ1v) is 6.38. The summed E-state index contributed by atoms with van der Waals surface area (Å²) in [5.41, 5.74) is 0. The minimum absolute atomic E-state index is 0.442. The first-order valence-electron chi connectivity index (χ1n) is 6.38. The van der Waals surface area contributed by atoms with Gasteiger partial charge in [-0.3, -0.25) is 4.90 Å². The summed E-state index contributed by atoms with van der Waals surface area (Å²) in [6.45, 7) is 10.3. The van der Waals surface area contributed by atoms with Crippen LogP contribution in [0.5, 0.6) is 0 Å². The molecule has 4 heteroatoms. The van der Waals surface area contributed by atoms with Gasteiger partial charge in [0.2, 0.25) is 0 Å². The maximum absolute atomic E-state index is 5.58. The second-order valence-electron chi connectivity index (χ2n) is 4.63. The molecular weight excluding hydrogens is 202 g/mol. The van der Waals surface area contributed by atoms with Gasteiger partial charge in [0.25, 0.3) is 0 Å². The molecule has 1 N–H and O–H groups in total. The molecule has 0 bridgehead atoms. The SMILES string of the molecule is CCNC(COCC)C1CN(C)CCN1C. The van der Waals surface area contributed by atoms with E-state index in [2.05, 4.69) is 43.1 Å². The van der Waals surface area contributed by atoms with Gasteiger partial charge >= 0.3 is 0 Å². The van der Waals surface area contributed by atoms with E-state index in [1.54, 1.807) is 0 Å². The predicted molar refractivity (Wildman–Crippen MR) is 67.9 cm³/mol. The highest BCUT2D eigenvalue weighted by atomic mass is 16.5. The van der Waals surface area contributed by atoms with Crippen molar-refractivity contribution < 1.29 is 4.74 Å². The number of hydrogen-bond donors (Lipinski definition) is 1. The maximum Gasteiger partial charge on any atom is 0.0635 e. The van der Waals surface area contributed by atoms with Crippen molar-refractivity contribution in [1.29, 1.82) is 0 Å². The minimum atomic E-state index is 0.442. The lowest BCUT2D eigenvalue weighted by molar-refractivity contribution is 0.0440. The minimum Gasteiger partial charge on any atom is -0.380 e. The van der Waals surface area contributed by atoms with Gasteiger partial charge in [0, 0.05) is 38.3 Å². The number of nitrogens with zero attached hydrogens (tertiary/aromatic N) is 2. The molecule has 16 heavy (non-hydrogen) atoms. The van der Waals surface area contributed by atoms with E-state index in [4.69, 9.17) is 4.74 Å². The molecule has 0 saturated carbocycles. The third-order valence-electron chi connectivity index (χ3n) is 3.33. The Morgan fingerprint density at radius 2 is 2.06 bits per heavy atom. The summed E-state index contributed by atoms with van der Waals surface area (Å²) in [6.07, 6.45) is 0. The number of ether oxygens (including phenoxy) is 1. The Kier molecular flexibility index (Phi) is 6.28. The number of hydrogen-bond acceptors (Lipinski definition) is 4. The highest BCUT2D eigenvalue weighted by Crippen LogP contribution is 2.10. The van der Waals surface area contributed by atoms with Gasteiger partial charge in [0.15, 0.2) is 0 Å². The fourth-order valence-corrected chi connectivity index (χ4v) is 2.29. The maximum atomic E-state index is 5.58. The Hall–Kier alpha value is -0.160. The van der Waals surface area contributed by atoms with Crippen LogP contribution in [0.1, 0.15) is 13.8 Å². The number of nitrogens with one attached hydrogen (secondary N) is 1. The van der Waals surface area contributed by atoms with Gasteiger partial charge in [0.05, 0.1) is 6.61 Å². The summed E-state index contributed by atoms with van der Waals surface area (Å²) in [7, 11) is 4.41. The van der Waals surface area contributed by atoms with E-state index >= 15 is 0 Å². The Morgan fingerprint density at radius 3 is 2.69 bits per heavy atom. The smallest absolute Gasteiger partial charge is 0.0635 e. The monoisotopic (exact) mass is 229 g/mol. The molecule has 0 spiro atoms. The molecule has 0 aliphatic carbocycles. The predicted octanol–water partition coefficient (Wildman–Crippen LogP) is 0.247. The van der Waals surface area contributed by atoms with E-state index in [9.17, 15) is 0 Å². The summed E-state index contributed by atoms with van der Waals surface area (Å²) in [6, 6.07) is 1.00. The molecule has 0 aromatic carbocycles. The van der Waals surface area contributed by atoms with Crippen molar-refractivity contribution in [3.63, 3.8) is 0 Å². The lowest BCUT2D eigenvalue weighted by Crippen LogP contribution is -2.60. The van der Waals surface area contributed by atoms with Crippen LogP contribution in [0.25, 0.3) is 0 Å². The van der Waals surface area contributed by atoms with Crippen LogP contribution >= 0.6 is 0 Å². The fourth-order valence-electron chi connectivity index (χ4n) is 2.29. The topological polar surface area (TPSA) is 27.7 Å². The van der Waals surface area contributed by atoms with Gasteiger partial charge in [-0.05, 0) is 27.6 Å². The summed E-state index contributed by atoms with van der Waals surface area (Å²) in [5, 5.41) is 3.54. The molecule has 1 aliphatic rings. The fraction of sp³-hybridized carbons (Fsp3) is 1.00. The van der Waals surface area contributed by atoms with Gasteiger partial charge in [-0.1, -0.05) is 6.92 Å². The highest BCUT2D eigenvalue weighted by Gasteiger charge is 2.29. The molecule has 4 nitrogen and oxygen atoms in total. The Bertz CT molecular complexity index is 189. The van der Waals surface area contributed by atoms with Crippen LogP contribution in [-0.4, -0.2) is 75.4 Å². The van der Waals surface area contributed by atoms with Crippen molar-refractivity contribution in [1.82, 2.24) is 15.1 Å². The standard InChI is InChI=1S/C12H27N3O/c1-5-13-11(10-16-6-2)12-9-14(3)7-8-15(12)4/h11-13H,5-10H2,1-4H3. The number of rotatable bonds is 6. The summed E-state index contributed by atoms with van der Waals surface area (Å²) >= 11 is 0. The Morgan fingerprint density at radius 1 is 1.31 bits per heavy atom. The normalized spacial score (nSPS) is 25.9. The van der Waals surface area contributed by atoms with Crippen LogP contribution in [0.2, 0.25) is 0 Å².